The van der Waals surface area contributed by atoms with E-state index in [0.29, 0.717) is 12.5 Å². The van der Waals surface area contributed by atoms with E-state index in [2.05, 4.69) is 26.0 Å². The van der Waals surface area contributed by atoms with E-state index < -0.39 is 5.97 Å². The second-order valence-corrected chi connectivity index (χ2v) is 5.51. The number of hydrogen-bond acceptors (Lipinski definition) is 2. The van der Waals surface area contributed by atoms with Gasteiger partial charge in [-0.05, 0) is 29.2 Å². The lowest BCUT2D eigenvalue weighted by molar-refractivity contribution is 0.0692. The molecule has 0 bridgehead atoms. The summed E-state index contributed by atoms with van der Waals surface area (Å²) in [6, 6.07) is 12.9. The molecule has 0 radical (unpaired) electrons. The number of benzene rings is 2. The molecule has 0 fully saturated rings. The van der Waals surface area contributed by atoms with Gasteiger partial charge in [0, 0.05) is 0 Å². The zero-order valence-electron chi connectivity index (χ0n) is 12.0. The molecule has 0 spiro atoms. The van der Waals surface area contributed by atoms with Gasteiger partial charge in [-0.15, -0.1) is 0 Å². The Hall–Kier alpha value is -2.00. The molecule has 110 valence electrons. The van der Waals surface area contributed by atoms with Crippen molar-refractivity contribution < 1.29 is 14.6 Å². The number of carbonyl (C=O) groups is 1. The number of hydrogen-bond donors (Lipinski definition) is 1. The van der Waals surface area contributed by atoms with Crippen LogP contribution in [0.1, 0.15) is 41.3 Å². The third kappa shape index (κ3) is 3.76. The molecule has 2 rings (SSSR count). The molecule has 0 aliphatic heterocycles. The van der Waals surface area contributed by atoms with Crippen molar-refractivity contribution in [3.63, 3.8) is 0 Å². The minimum absolute atomic E-state index is 0.00188. The Balaban J connectivity index is 2.13. The summed E-state index contributed by atoms with van der Waals surface area (Å²) in [5.41, 5.74) is 2.24. The summed E-state index contributed by atoms with van der Waals surface area (Å²) in [6.45, 7) is 4.58. The van der Waals surface area contributed by atoms with Crippen LogP contribution in [0, 0.1) is 0 Å². The summed E-state index contributed by atoms with van der Waals surface area (Å²) in [6.07, 6.45) is 0. The third-order valence-corrected chi connectivity index (χ3v) is 3.54. The lowest BCUT2D eigenvalue weighted by atomic mass is 10.0. The van der Waals surface area contributed by atoms with Crippen LogP contribution < -0.4 is 4.74 Å². The second kappa shape index (κ2) is 6.64. The normalized spacial score (nSPS) is 10.7. The Morgan fingerprint density at radius 3 is 2.43 bits per heavy atom. The van der Waals surface area contributed by atoms with Crippen molar-refractivity contribution in [3.8, 4) is 5.75 Å². The van der Waals surface area contributed by atoms with Crippen molar-refractivity contribution in [3.05, 3.63) is 64.2 Å². The maximum Gasteiger partial charge on any atom is 0.341 e. The summed E-state index contributed by atoms with van der Waals surface area (Å²) in [4.78, 5) is 11.2. The van der Waals surface area contributed by atoms with Gasteiger partial charge in [-0.2, -0.15) is 0 Å². The summed E-state index contributed by atoms with van der Waals surface area (Å²) in [7, 11) is 0. The quantitative estimate of drug-likeness (QED) is 0.867. The zero-order valence-corrected chi connectivity index (χ0v) is 12.7. The fourth-order valence-electron chi connectivity index (χ4n) is 1.99. The smallest absolute Gasteiger partial charge is 0.341 e. The highest BCUT2D eigenvalue weighted by Crippen LogP contribution is 2.27. The second-order valence-electron chi connectivity index (χ2n) is 5.10. The standard InChI is InChI=1S/C17H17ClO3/c1-11(2)13-8-6-12(7-9-13)10-21-15-5-3-4-14(18)16(15)17(19)20/h3-9,11H,10H2,1-2H3,(H,19,20). The van der Waals surface area contributed by atoms with Crippen LogP contribution >= 0.6 is 11.6 Å². The van der Waals surface area contributed by atoms with E-state index in [1.54, 1.807) is 12.1 Å². The van der Waals surface area contributed by atoms with Crippen LogP contribution in [0.4, 0.5) is 0 Å². The van der Waals surface area contributed by atoms with Crippen molar-refractivity contribution in [1.82, 2.24) is 0 Å². The first kappa shape index (κ1) is 15.4. The van der Waals surface area contributed by atoms with Gasteiger partial charge in [0.2, 0.25) is 0 Å². The van der Waals surface area contributed by atoms with Gasteiger partial charge in [-0.25, -0.2) is 4.79 Å². The molecule has 0 aliphatic rings. The molecule has 0 aliphatic carbocycles. The van der Waals surface area contributed by atoms with Gasteiger partial charge in [-0.3, -0.25) is 0 Å². The Morgan fingerprint density at radius 1 is 1.19 bits per heavy atom. The first-order chi connectivity index (χ1) is 9.99. The molecule has 0 aromatic heterocycles. The van der Waals surface area contributed by atoms with Crippen molar-refractivity contribution in [2.24, 2.45) is 0 Å². The molecule has 0 atom stereocenters. The summed E-state index contributed by atoms with van der Waals surface area (Å²) in [5.74, 6) is -0.333. The number of ether oxygens (including phenoxy) is 1. The highest BCUT2D eigenvalue weighted by atomic mass is 35.5. The number of halogens is 1. The maximum absolute atomic E-state index is 11.2. The van der Waals surface area contributed by atoms with Crippen LogP contribution in [-0.4, -0.2) is 11.1 Å². The van der Waals surface area contributed by atoms with Gasteiger partial charge in [0.1, 0.15) is 17.9 Å². The van der Waals surface area contributed by atoms with Gasteiger partial charge in [0.05, 0.1) is 5.02 Å². The number of carboxylic acids is 1. The van der Waals surface area contributed by atoms with Crippen molar-refractivity contribution in [2.45, 2.75) is 26.4 Å². The van der Waals surface area contributed by atoms with Crippen LogP contribution in [-0.2, 0) is 6.61 Å². The molecule has 3 nitrogen and oxygen atoms in total. The van der Waals surface area contributed by atoms with Crippen molar-refractivity contribution >= 4 is 17.6 Å². The highest BCUT2D eigenvalue weighted by Gasteiger charge is 2.15. The number of carboxylic acid groups (broad SMARTS) is 1. The van der Waals surface area contributed by atoms with E-state index in [1.165, 1.54) is 11.6 Å². The molecule has 0 unspecified atom stereocenters. The zero-order chi connectivity index (χ0) is 15.4. The molecular weight excluding hydrogens is 288 g/mol. The van der Waals surface area contributed by atoms with E-state index in [4.69, 9.17) is 16.3 Å². The van der Waals surface area contributed by atoms with E-state index in [1.807, 2.05) is 12.1 Å². The Kier molecular flexibility index (Phi) is 4.86. The van der Waals surface area contributed by atoms with Crippen molar-refractivity contribution in [2.75, 3.05) is 0 Å². The Morgan fingerprint density at radius 2 is 1.86 bits per heavy atom. The molecule has 2 aromatic rings. The highest BCUT2D eigenvalue weighted by molar-refractivity contribution is 6.33. The van der Waals surface area contributed by atoms with Crippen molar-refractivity contribution in [1.29, 1.82) is 0 Å². The molecular formula is C17H17ClO3. The molecule has 0 saturated carbocycles. The lowest BCUT2D eigenvalue weighted by Crippen LogP contribution is -2.04. The molecule has 0 amide bonds. The average molecular weight is 305 g/mol. The topological polar surface area (TPSA) is 46.5 Å². The van der Waals surface area contributed by atoms with Gasteiger partial charge < -0.3 is 9.84 Å². The Bertz CT molecular complexity index is 633. The monoisotopic (exact) mass is 304 g/mol. The first-order valence-corrected chi connectivity index (χ1v) is 7.10. The lowest BCUT2D eigenvalue weighted by Gasteiger charge is -2.11. The fourth-order valence-corrected chi connectivity index (χ4v) is 2.24. The number of aromatic carboxylic acids is 1. The van der Waals surface area contributed by atoms with Crippen LogP contribution in [0.25, 0.3) is 0 Å². The van der Waals surface area contributed by atoms with Crippen LogP contribution in [0.5, 0.6) is 5.75 Å². The average Bonchev–Trinajstić information content (AvgIpc) is 2.45. The summed E-state index contributed by atoms with van der Waals surface area (Å²) < 4.78 is 5.60. The van der Waals surface area contributed by atoms with Crippen LogP contribution in [0.2, 0.25) is 5.02 Å². The summed E-state index contributed by atoms with van der Waals surface area (Å²) >= 11 is 5.90. The van der Waals surface area contributed by atoms with Gasteiger partial charge in [0.25, 0.3) is 0 Å². The van der Waals surface area contributed by atoms with E-state index in [0.717, 1.165) is 5.56 Å². The molecule has 2 aromatic carbocycles. The molecule has 21 heavy (non-hydrogen) atoms. The van der Waals surface area contributed by atoms with E-state index >= 15 is 0 Å². The molecule has 4 heteroatoms. The third-order valence-electron chi connectivity index (χ3n) is 3.23. The SMILES string of the molecule is CC(C)c1ccc(COc2cccc(Cl)c2C(=O)O)cc1. The predicted octanol–water partition coefficient (Wildman–Crippen LogP) is 4.74. The predicted molar refractivity (Wildman–Crippen MR) is 83.3 cm³/mol. The maximum atomic E-state index is 11.2. The Labute approximate surface area is 129 Å². The van der Waals surface area contributed by atoms with Crippen LogP contribution in [0.3, 0.4) is 0 Å². The van der Waals surface area contributed by atoms with Crippen LogP contribution in [0.15, 0.2) is 42.5 Å². The van der Waals surface area contributed by atoms with Gasteiger partial charge in [-0.1, -0.05) is 55.8 Å². The van der Waals surface area contributed by atoms with Gasteiger partial charge in [0.15, 0.2) is 0 Å². The minimum atomic E-state index is -1.09. The number of rotatable bonds is 5. The van der Waals surface area contributed by atoms with E-state index in [9.17, 15) is 9.90 Å². The summed E-state index contributed by atoms with van der Waals surface area (Å²) in [5, 5.41) is 9.35. The molecule has 0 saturated heterocycles. The fraction of sp³-hybridized carbons (Fsp3) is 0.235. The van der Waals surface area contributed by atoms with Gasteiger partial charge >= 0.3 is 5.97 Å². The van der Waals surface area contributed by atoms with E-state index in [-0.39, 0.29) is 16.3 Å². The first-order valence-electron chi connectivity index (χ1n) is 6.72. The molecule has 0 heterocycles. The molecule has 1 N–H and O–H groups in total. The largest absolute Gasteiger partial charge is 0.488 e. The minimum Gasteiger partial charge on any atom is -0.488 e.